The van der Waals surface area contributed by atoms with E-state index in [1.807, 2.05) is 67.1 Å². The first kappa shape index (κ1) is 14.9. The molecule has 0 saturated carbocycles. The van der Waals surface area contributed by atoms with Gasteiger partial charge in [-0.3, -0.25) is 0 Å². The minimum atomic E-state index is 0.761. The van der Waals surface area contributed by atoms with Gasteiger partial charge in [0.05, 0.1) is 18.5 Å². The van der Waals surface area contributed by atoms with Crippen LogP contribution in [0.15, 0.2) is 61.2 Å². The second kappa shape index (κ2) is 6.75. The molecule has 0 aliphatic heterocycles. The van der Waals surface area contributed by atoms with Crippen LogP contribution >= 0.6 is 0 Å². The lowest BCUT2D eigenvalue weighted by Crippen LogP contribution is -1.99. The first-order valence-corrected chi connectivity index (χ1v) is 6.84. The van der Waals surface area contributed by atoms with Crippen LogP contribution < -0.4 is 4.74 Å². The van der Waals surface area contributed by atoms with Crippen LogP contribution in [0.5, 0.6) is 5.88 Å². The van der Waals surface area contributed by atoms with E-state index in [0.29, 0.717) is 0 Å². The fourth-order valence-corrected chi connectivity index (χ4v) is 2.20. The zero-order valence-electron chi connectivity index (χ0n) is 12.7. The molecule has 108 valence electrons. The third-order valence-electron chi connectivity index (χ3n) is 3.23. The number of hydrogen-bond acceptors (Lipinski definition) is 2. The zero-order chi connectivity index (χ0) is 15.2. The Bertz CT molecular complexity index is 679. The van der Waals surface area contributed by atoms with Crippen molar-refractivity contribution in [3.8, 4) is 11.6 Å². The Morgan fingerprint density at radius 1 is 1.24 bits per heavy atom. The Morgan fingerprint density at radius 2 is 1.95 bits per heavy atom. The molecule has 2 aromatic rings. The maximum atomic E-state index is 5.53. The first-order chi connectivity index (χ1) is 10.2. The summed E-state index contributed by atoms with van der Waals surface area (Å²) in [5.41, 5.74) is 4.03. The summed E-state index contributed by atoms with van der Waals surface area (Å²) < 4.78 is 7.36. The number of aromatic nitrogens is 2. The number of ether oxygens (including phenoxy) is 1. The molecule has 3 heteroatoms. The first-order valence-electron chi connectivity index (χ1n) is 6.84. The lowest BCUT2D eigenvalue weighted by Gasteiger charge is -2.05. The average Bonchev–Trinajstić information content (AvgIpc) is 2.85. The van der Waals surface area contributed by atoms with E-state index < -0.39 is 0 Å². The van der Waals surface area contributed by atoms with Crippen molar-refractivity contribution in [2.75, 3.05) is 7.11 Å². The van der Waals surface area contributed by atoms with Crippen LogP contribution in [0.2, 0.25) is 0 Å². The Kier molecular flexibility index (Phi) is 4.77. The zero-order valence-corrected chi connectivity index (χ0v) is 12.7. The molecule has 0 bridgehead atoms. The number of benzene rings is 1. The Morgan fingerprint density at radius 3 is 2.57 bits per heavy atom. The maximum absolute atomic E-state index is 5.53. The van der Waals surface area contributed by atoms with E-state index in [1.165, 1.54) is 0 Å². The van der Waals surface area contributed by atoms with Crippen LogP contribution in [0.4, 0.5) is 0 Å². The second-order valence-electron chi connectivity index (χ2n) is 4.70. The third kappa shape index (κ3) is 3.14. The largest absolute Gasteiger partial charge is 0.481 e. The summed E-state index contributed by atoms with van der Waals surface area (Å²) in [4.78, 5) is 0. The van der Waals surface area contributed by atoms with E-state index in [4.69, 9.17) is 9.84 Å². The predicted molar refractivity (Wildman–Crippen MR) is 87.8 cm³/mol. The van der Waals surface area contributed by atoms with Crippen molar-refractivity contribution in [1.29, 1.82) is 0 Å². The molecule has 3 nitrogen and oxygen atoms in total. The molecule has 0 atom stereocenters. The van der Waals surface area contributed by atoms with Gasteiger partial charge in [0.1, 0.15) is 0 Å². The average molecular weight is 280 g/mol. The van der Waals surface area contributed by atoms with E-state index in [1.54, 1.807) is 13.2 Å². The molecule has 0 fully saturated rings. The monoisotopic (exact) mass is 280 g/mol. The highest BCUT2D eigenvalue weighted by Gasteiger charge is 2.16. The molecular formula is C18H20N2O. The number of allylic oxidation sites excluding steroid dienone is 5. The molecule has 0 aliphatic carbocycles. The fraction of sp³-hybridized carbons (Fsp3) is 0.167. The molecule has 0 spiro atoms. The van der Waals surface area contributed by atoms with E-state index in [-0.39, 0.29) is 0 Å². The highest BCUT2D eigenvalue weighted by molar-refractivity contribution is 5.67. The number of para-hydroxylation sites is 1. The van der Waals surface area contributed by atoms with Gasteiger partial charge in [-0.25, -0.2) is 4.68 Å². The van der Waals surface area contributed by atoms with E-state index >= 15 is 0 Å². The summed E-state index contributed by atoms with van der Waals surface area (Å²) in [6, 6.07) is 9.98. The topological polar surface area (TPSA) is 27.1 Å². The highest BCUT2D eigenvalue weighted by Crippen LogP contribution is 2.29. The van der Waals surface area contributed by atoms with Crippen LogP contribution in [0, 0.1) is 6.92 Å². The van der Waals surface area contributed by atoms with Gasteiger partial charge in [0.15, 0.2) is 0 Å². The van der Waals surface area contributed by atoms with Crippen molar-refractivity contribution >= 4 is 5.57 Å². The van der Waals surface area contributed by atoms with Crippen molar-refractivity contribution in [3.05, 3.63) is 72.5 Å². The SMILES string of the molecule is C=C/C=C\C=C(/C)c1nn(-c2ccccc2)c(OC)c1C. The van der Waals surface area contributed by atoms with Crippen LogP contribution in [0.1, 0.15) is 18.2 Å². The van der Waals surface area contributed by atoms with Crippen molar-refractivity contribution < 1.29 is 4.74 Å². The lowest BCUT2D eigenvalue weighted by atomic mass is 10.1. The minimum absolute atomic E-state index is 0.761. The van der Waals surface area contributed by atoms with Gasteiger partial charge in [-0.1, -0.05) is 49.1 Å². The van der Waals surface area contributed by atoms with Crippen molar-refractivity contribution in [2.24, 2.45) is 0 Å². The van der Waals surface area contributed by atoms with Gasteiger partial charge in [-0.2, -0.15) is 5.10 Å². The Labute approximate surface area is 125 Å². The molecule has 0 N–H and O–H groups in total. The Balaban J connectivity index is 2.51. The number of hydrogen-bond donors (Lipinski definition) is 0. The summed E-state index contributed by atoms with van der Waals surface area (Å²) in [6.07, 6.45) is 7.62. The van der Waals surface area contributed by atoms with Gasteiger partial charge in [-0.15, -0.1) is 0 Å². The summed E-state index contributed by atoms with van der Waals surface area (Å²) in [5.74, 6) is 0.761. The lowest BCUT2D eigenvalue weighted by molar-refractivity contribution is 0.381. The predicted octanol–water partition coefficient (Wildman–Crippen LogP) is 4.33. The molecule has 0 saturated heterocycles. The van der Waals surface area contributed by atoms with Crippen LogP contribution in [-0.2, 0) is 0 Å². The Hall–Kier alpha value is -2.55. The van der Waals surface area contributed by atoms with Gasteiger partial charge in [0.25, 0.3) is 0 Å². The second-order valence-corrected chi connectivity index (χ2v) is 4.70. The number of methoxy groups -OCH3 is 1. The smallest absolute Gasteiger partial charge is 0.219 e. The molecular weight excluding hydrogens is 260 g/mol. The van der Waals surface area contributed by atoms with Crippen molar-refractivity contribution in [2.45, 2.75) is 13.8 Å². The molecule has 2 rings (SSSR count). The third-order valence-corrected chi connectivity index (χ3v) is 3.23. The summed E-state index contributed by atoms with van der Waals surface area (Å²) in [6.45, 7) is 7.73. The van der Waals surface area contributed by atoms with Gasteiger partial charge >= 0.3 is 0 Å². The van der Waals surface area contributed by atoms with Crippen LogP contribution in [-0.4, -0.2) is 16.9 Å². The summed E-state index contributed by atoms with van der Waals surface area (Å²) in [5, 5.41) is 4.69. The fourth-order valence-electron chi connectivity index (χ4n) is 2.20. The van der Waals surface area contributed by atoms with Crippen LogP contribution in [0.3, 0.4) is 0 Å². The van der Waals surface area contributed by atoms with Gasteiger partial charge in [0.2, 0.25) is 5.88 Å². The molecule has 1 aromatic heterocycles. The van der Waals surface area contributed by atoms with Gasteiger partial charge in [0, 0.05) is 5.56 Å². The standard InChI is InChI=1S/C18H20N2O/c1-5-6-8-11-14(2)17-15(3)18(21-4)20(19-17)16-12-9-7-10-13-16/h5-13H,1H2,2-4H3/b8-6-,14-11+. The normalized spacial score (nSPS) is 11.9. The molecule has 0 unspecified atom stereocenters. The van der Waals surface area contributed by atoms with Crippen molar-refractivity contribution in [3.63, 3.8) is 0 Å². The maximum Gasteiger partial charge on any atom is 0.219 e. The summed E-state index contributed by atoms with van der Waals surface area (Å²) >= 11 is 0. The molecule has 21 heavy (non-hydrogen) atoms. The van der Waals surface area contributed by atoms with E-state index in [2.05, 4.69) is 6.58 Å². The quantitative estimate of drug-likeness (QED) is 0.762. The number of nitrogens with zero attached hydrogens (tertiary/aromatic N) is 2. The molecule has 0 aliphatic rings. The van der Waals surface area contributed by atoms with Crippen molar-refractivity contribution in [1.82, 2.24) is 9.78 Å². The van der Waals surface area contributed by atoms with E-state index in [0.717, 1.165) is 28.4 Å². The molecule has 0 radical (unpaired) electrons. The molecule has 1 aromatic carbocycles. The number of rotatable bonds is 5. The molecule has 0 amide bonds. The van der Waals surface area contributed by atoms with E-state index in [9.17, 15) is 0 Å². The highest BCUT2D eigenvalue weighted by atomic mass is 16.5. The summed E-state index contributed by atoms with van der Waals surface area (Å²) in [7, 11) is 1.67. The van der Waals surface area contributed by atoms with Crippen LogP contribution in [0.25, 0.3) is 11.3 Å². The molecule has 1 heterocycles. The van der Waals surface area contributed by atoms with Gasteiger partial charge < -0.3 is 4.74 Å². The van der Waals surface area contributed by atoms with Gasteiger partial charge in [-0.05, 0) is 31.6 Å². The minimum Gasteiger partial charge on any atom is -0.481 e.